The molecule has 0 aliphatic carbocycles. The molecule has 0 saturated heterocycles. The molecule has 0 fully saturated rings. The summed E-state index contributed by atoms with van der Waals surface area (Å²) in [6.07, 6.45) is 0. The number of benzene rings is 21. The predicted octanol–water partition coefficient (Wildman–Crippen LogP) is 37.3. The van der Waals surface area contributed by atoms with Gasteiger partial charge in [0.2, 0.25) is 0 Å². The van der Waals surface area contributed by atoms with Crippen LogP contribution in [0.1, 0.15) is 0 Å². The van der Waals surface area contributed by atoms with E-state index in [4.69, 9.17) is 26.5 Å². The van der Waals surface area contributed by atoms with Crippen LogP contribution in [-0.2, 0) is 0 Å². The van der Waals surface area contributed by atoms with E-state index in [-0.39, 0.29) is 0 Å². The second-order valence-electron chi connectivity index (χ2n) is 36.3. The summed E-state index contributed by atoms with van der Waals surface area (Å²) in [6.45, 7) is 0. The smallest absolute Gasteiger partial charge is 0.161 e. The van der Waals surface area contributed by atoms with Gasteiger partial charge in [0, 0.05) is 92.8 Å². The molecule has 0 N–H and O–H groups in total. The summed E-state index contributed by atoms with van der Waals surface area (Å²) in [5.74, 6) is 0. The van der Waals surface area contributed by atoms with Crippen molar-refractivity contribution in [1.82, 2.24) is 13.7 Å². The minimum Gasteiger partial charge on any atom is -0.456 e. The average molecular weight is 1810 g/mol. The Kier molecular flexibility index (Phi) is 18.8. The molecular formula is C132H81N3O6. The Balaban J connectivity index is 0.000000104. The van der Waals surface area contributed by atoms with Gasteiger partial charge in [-0.1, -0.05) is 340 Å². The predicted molar refractivity (Wildman–Crippen MR) is 582 cm³/mol. The Hall–Kier alpha value is -19.0. The summed E-state index contributed by atoms with van der Waals surface area (Å²) in [4.78, 5) is 0. The molecule has 0 bridgehead atoms. The van der Waals surface area contributed by atoms with Gasteiger partial charge in [-0.25, -0.2) is 0 Å². The number of aromatic nitrogens is 3. The molecule has 9 aromatic heterocycles. The molecule has 0 amide bonds. The lowest BCUT2D eigenvalue weighted by Gasteiger charge is -2.08. The molecule has 21 aromatic carbocycles. The molecule has 30 rings (SSSR count). The number of hydrogen-bond donors (Lipinski definition) is 0. The molecule has 0 atom stereocenters. The third kappa shape index (κ3) is 13.5. The highest BCUT2D eigenvalue weighted by Crippen LogP contribution is 2.49. The quantitative estimate of drug-likeness (QED) is 0.121. The van der Waals surface area contributed by atoms with Crippen molar-refractivity contribution < 1.29 is 26.5 Å². The van der Waals surface area contributed by atoms with Gasteiger partial charge in [0.05, 0.1) is 16.6 Å². The van der Waals surface area contributed by atoms with Crippen LogP contribution in [0.15, 0.2) is 518 Å². The van der Waals surface area contributed by atoms with Gasteiger partial charge in [0.25, 0.3) is 0 Å². The summed E-state index contributed by atoms with van der Waals surface area (Å²) in [5.41, 5.74) is 41.6. The van der Waals surface area contributed by atoms with Crippen LogP contribution in [-0.4, -0.2) is 13.7 Å². The van der Waals surface area contributed by atoms with Gasteiger partial charge in [-0.15, -0.1) is 0 Å². The van der Waals surface area contributed by atoms with Gasteiger partial charge < -0.3 is 40.2 Å². The molecule has 0 spiro atoms. The van der Waals surface area contributed by atoms with Gasteiger partial charge in [0.15, 0.2) is 16.7 Å². The van der Waals surface area contributed by atoms with Crippen molar-refractivity contribution in [1.29, 1.82) is 0 Å². The van der Waals surface area contributed by atoms with Gasteiger partial charge in [-0.05, 0) is 241 Å². The van der Waals surface area contributed by atoms with Gasteiger partial charge in [-0.3, -0.25) is 0 Å². The number of furan rings is 6. The number of para-hydroxylation sites is 8. The Labute approximate surface area is 807 Å². The first-order valence-corrected chi connectivity index (χ1v) is 47.8. The number of nitrogens with zero attached hydrogens (tertiary/aromatic N) is 3. The molecular weight excluding hydrogens is 1720 g/mol. The minimum atomic E-state index is 0.887. The van der Waals surface area contributed by atoms with E-state index in [0.29, 0.717) is 0 Å². The molecule has 0 saturated carbocycles. The zero-order chi connectivity index (χ0) is 92.7. The number of rotatable bonds is 12. The fraction of sp³-hybridized carbons (Fsp3) is 0. The van der Waals surface area contributed by atoms with Crippen LogP contribution in [0.5, 0.6) is 0 Å². The van der Waals surface area contributed by atoms with E-state index in [1.54, 1.807) is 0 Å². The average Bonchev–Trinajstić information content (AvgIpc) is 1.56. The van der Waals surface area contributed by atoms with Gasteiger partial charge in [-0.2, -0.15) is 0 Å². The van der Waals surface area contributed by atoms with Crippen molar-refractivity contribution in [3.8, 4) is 117 Å². The fourth-order valence-electron chi connectivity index (χ4n) is 21.6. The van der Waals surface area contributed by atoms with E-state index in [9.17, 15) is 0 Å². The van der Waals surface area contributed by atoms with Crippen LogP contribution in [0.2, 0.25) is 0 Å². The van der Waals surface area contributed by atoms with Crippen molar-refractivity contribution >= 4 is 165 Å². The summed E-state index contributed by atoms with van der Waals surface area (Å²) in [6, 6.07) is 173. The maximum Gasteiger partial charge on any atom is 0.161 e. The lowest BCUT2D eigenvalue weighted by Crippen LogP contribution is -1.92. The third-order valence-electron chi connectivity index (χ3n) is 28.3. The van der Waals surface area contributed by atoms with Gasteiger partial charge >= 0.3 is 0 Å². The first-order valence-electron chi connectivity index (χ1n) is 47.8. The van der Waals surface area contributed by atoms with E-state index >= 15 is 0 Å². The Morgan fingerprint density at radius 3 is 0.794 bits per heavy atom. The van der Waals surface area contributed by atoms with Crippen molar-refractivity contribution in [2.75, 3.05) is 0 Å². The maximum atomic E-state index is 6.51. The van der Waals surface area contributed by atoms with E-state index in [1.165, 1.54) is 16.7 Å². The van der Waals surface area contributed by atoms with Crippen molar-refractivity contribution in [3.63, 3.8) is 0 Å². The highest BCUT2D eigenvalue weighted by Gasteiger charge is 2.27. The maximum absolute atomic E-state index is 6.51. The van der Waals surface area contributed by atoms with Crippen LogP contribution in [0, 0.1) is 0 Å². The summed E-state index contributed by atoms with van der Waals surface area (Å²) < 4.78 is 45.9. The topological polar surface area (TPSA) is 93.6 Å². The molecule has 0 radical (unpaired) electrons. The molecule has 9 heterocycles. The molecule has 9 heteroatoms. The van der Waals surface area contributed by atoms with Crippen LogP contribution in [0.4, 0.5) is 0 Å². The molecule has 0 aliphatic rings. The van der Waals surface area contributed by atoms with Crippen LogP contribution >= 0.6 is 0 Å². The monoisotopic (exact) mass is 1800 g/mol. The van der Waals surface area contributed by atoms with Crippen LogP contribution in [0.3, 0.4) is 0 Å². The second-order valence-corrected chi connectivity index (χ2v) is 36.3. The van der Waals surface area contributed by atoms with E-state index in [2.05, 4.69) is 487 Å². The third-order valence-corrected chi connectivity index (χ3v) is 28.3. The normalized spacial score (nSPS) is 11.8. The SMILES string of the molecule is c1ccc(-c2ccc3c(c2)oc2cc(-c4ccc(-c5ccc6oc7c8ccccc8n(-c8ccccc8)c7c6c5)cc4)ccc23)cc1.c1ccc(-c2ccc3oc4c(-c5ccc(-c6ccc7oc8c9ccccc9n(-c9ccccc9)c8c7c6)cc5)cccc4c3c2)cc1.c1ccc(-c2cccc3c2oc2cccc(-c4ccc(-c5ccc6oc7c8ccccc8n(-c8ccccc8)c7c6c5)cc4)c23)cc1. The molecule has 0 unspecified atom stereocenters. The number of fused-ring (bicyclic) bond motifs is 24. The largest absolute Gasteiger partial charge is 0.456 e. The van der Waals surface area contributed by atoms with Gasteiger partial charge in [0.1, 0.15) is 66.8 Å². The lowest BCUT2D eigenvalue weighted by atomic mass is 9.95. The molecule has 30 aromatic rings. The first kappa shape index (κ1) is 80.5. The standard InChI is InChI=1S/3C44H27NO2/c1-3-11-29(12-4-1)34-17-9-18-36-41-33(16-10-20-40(41)47-43(34)36)30-23-21-28(22-24-30)31-25-26-39-37(27-31)42-44(46-39)35-15-7-8-19-38(35)45(42)32-13-5-2-6-14-32;1-3-10-28(11-4-1)31-22-24-40-37(26-31)35-16-9-15-34(43(35)46-40)30-20-18-29(19-21-30)32-23-25-41-38(27-32)42-44(47-41)36-14-7-8-17-39(36)45(42)33-12-5-2-6-13-33;1-3-9-28(10-4-1)32-19-22-35-36-23-20-33(27-42(36)46-41(35)26-32)30-17-15-29(16-18-30)31-21-24-40-38(25-31)43-44(47-40)37-13-7-8-14-39(37)45(43)34-11-5-2-6-12-34/h3*1-27H. The Morgan fingerprint density at radius 1 is 0.128 bits per heavy atom. The Morgan fingerprint density at radius 2 is 0.390 bits per heavy atom. The highest BCUT2D eigenvalue weighted by molar-refractivity contribution is 6.22. The van der Waals surface area contributed by atoms with Crippen LogP contribution < -0.4 is 0 Å². The van der Waals surface area contributed by atoms with Crippen LogP contribution in [0.25, 0.3) is 282 Å². The molecule has 9 nitrogen and oxygen atoms in total. The van der Waals surface area contributed by atoms with E-state index in [1.807, 2.05) is 18.2 Å². The zero-order valence-corrected chi connectivity index (χ0v) is 76.1. The van der Waals surface area contributed by atoms with E-state index < -0.39 is 0 Å². The Bertz CT molecular complexity index is 10100. The van der Waals surface area contributed by atoms with E-state index in [0.717, 1.165) is 265 Å². The van der Waals surface area contributed by atoms with Crippen molar-refractivity contribution in [2.24, 2.45) is 0 Å². The zero-order valence-electron chi connectivity index (χ0n) is 76.1. The lowest BCUT2D eigenvalue weighted by molar-refractivity contribution is 0.669. The second kappa shape index (κ2) is 33.0. The first-order chi connectivity index (χ1) is 69.9. The summed E-state index contributed by atoms with van der Waals surface area (Å²) >= 11 is 0. The van der Waals surface area contributed by atoms with Crippen molar-refractivity contribution in [3.05, 3.63) is 491 Å². The molecule has 141 heavy (non-hydrogen) atoms. The number of hydrogen-bond acceptors (Lipinski definition) is 6. The minimum absolute atomic E-state index is 0.887. The van der Waals surface area contributed by atoms with Crippen molar-refractivity contribution in [2.45, 2.75) is 0 Å². The highest BCUT2D eigenvalue weighted by atomic mass is 16.4. The summed E-state index contributed by atoms with van der Waals surface area (Å²) in [7, 11) is 0. The molecule has 0 aliphatic heterocycles. The molecule has 660 valence electrons. The fourth-order valence-corrected chi connectivity index (χ4v) is 21.6. The summed E-state index contributed by atoms with van der Waals surface area (Å²) in [5, 5.41) is 13.5.